The quantitative estimate of drug-likeness (QED) is 0.715. The van der Waals surface area contributed by atoms with E-state index in [1.54, 1.807) is 0 Å². The minimum Gasteiger partial charge on any atom is -0.361 e. The highest BCUT2D eigenvalue weighted by Crippen LogP contribution is 2.13. The van der Waals surface area contributed by atoms with Crippen LogP contribution >= 0.6 is 0 Å². The van der Waals surface area contributed by atoms with E-state index in [0.29, 0.717) is 6.54 Å². The SMILES string of the molecule is Cc1cc(CN2CCN(CC(=O)NCC(=O)Nc3ccc(F)c(F)c3)CC2)no1. The first kappa shape index (κ1) is 20.9. The van der Waals surface area contributed by atoms with E-state index in [1.165, 1.54) is 6.07 Å². The molecular weight excluding hydrogens is 384 g/mol. The van der Waals surface area contributed by atoms with Crippen molar-refractivity contribution >= 4 is 17.5 Å². The molecule has 156 valence electrons. The summed E-state index contributed by atoms with van der Waals surface area (Å²) in [6.45, 7) is 5.56. The molecule has 1 aliphatic heterocycles. The van der Waals surface area contributed by atoms with Gasteiger partial charge in [0.15, 0.2) is 11.6 Å². The fourth-order valence-electron chi connectivity index (χ4n) is 3.04. The number of amides is 2. The Morgan fingerprint density at radius 2 is 1.79 bits per heavy atom. The third kappa shape index (κ3) is 6.33. The van der Waals surface area contributed by atoms with Gasteiger partial charge in [-0.25, -0.2) is 8.78 Å². The number of aromatic nitrogens is 1. The zero-order valence-corrected chi connectivity index (χ0v) is 16.1. The lowest BCUT2D eigenvalue weighted by molar-refractivity contribution is -0.125. The molecule has 1 saturated heterocycles. The highest BCUT2D eigenvalue weighted by molar-refractivity contribution is 5.94. The lowest BCUT2D eigenvalue weighted by Crippen LogP contribution is -2.49. The van der Waals surface area contributed by atoms with E-state index in [1.807, 2.05) is 17.9 Å². The number of piperazine rings is 1. The van der Waals surface area contributed by atoms with Crippen molar-refractivity contribution in [2.24, 2.45) is 0 Å². The molecule has 10 heteroatoms. The Bertz CT molecular complexity index is 865. The molecule has 0 atom stereocenters. The summed E-state index contributed by atoms with van der Waals surface area (Å²) in [6.07, 6.45) is 0. The molecule has 2 aromatic rings. The second-order valence-corrected chi connectivity index (χ2v) is 6.93. The zero-order valence-electron chi connectivity index (χ0n) is 16.1. The lowest BCUT2D eigenvalue weighted by Gasteiger charge is -2.33. The highest BCUT2D eigenvalue weighted by Gasteiger charge is 2.20. The number of nitrogens with zero attached hydrogens (tertiary/aromatic N) is 3. The van der Waals surface area contributed by atoms with Crippen molar-refractivity contribution in [3.63, 3.8) is 0 Å². The highest BCUT2D eigenvalue weighted by atomic mass is 19.2. The number of anilines is 1. The molecule has 0 aliphatic carbocycles. The summed E-state index contributed by atoms with van der Waals surface area (Å²) in [5.74, 6) is -2.05. The largest absolute Gasteiger partial charge is 0.361 e. The average Bonchev–Trinajstić information content (AvgIpc) is 3.09. The van der Waals surface area contributed by atoms with Crippen LogP contribution in [0.2, 0.25) is 0 Å². The van der Waals surface area contributed by atoms with E-state index < -0.39 is 17.5 Å². The monoisotopic (exact) mass is 407 g/mol. The fraction of sp³-hybridized carbons (Fsp3) is 0.421. The first-order chi connectivity index (χ1) is 13.9. The third-order valence-corrected chi connectivity index (χ3v) is 4.54. The van der Waals surface area contributed by atoms with Crippen molar-refractivity contribution in [3.05, 3.63) is 47.4 Å². The maximum atomic E-state index is 13.1. The van der Waals surface area contributed by atoms with E-state index in [0.717, 1.165) is 49.8 Å². The second kappa shape index (κ2) is 9.57. The minimum absolute atomic E-state index is 0.126. The predicted octanol–water partition coefficient (Wildman–Crippen LogP) is 1.13. The Hall–Kier alpha value is -2.85. The van der Waals surface area contributed by atoms with Gasteiger partial charge in [0, 0.05) is 50.5 Å². The van der Waals surface area contributed by atoms with Gasteiger partial charge in [-0.1, -0.05) is 5.16 Å². The molecule has 1 fully saturated rings. The predicted molar refractivity (Wildman–Crippen MR) is 101 cm³/mol. The molecule has 1 aromatic heterocycles. The van der Waals surface area contributed by atoms with Gasteiger partial charge in [-0.2, -0.15) is 0 Å². The van der Waals surface area contributed by atoms with Crippen LogP contribution in [-0.2, 0) is 16.1 Å². The third-order valence-electron chi connectivity index (χ3n) is 4.54. The molecule has 2 heterocycles. The van der Waals surface area contributed by atoms with Crippen LogP contribution in [0.25, 0.3) is 0 Å². The Labute approximate surface area is 166 Å². The normalized spacial score (nSPS) is 15.3. The average molecular weight is 407 g/mol. The van der Waals surface area contributed by atoms with Crippen LogP contribution in [0, 0.1) is 18.6 Å². The molecule has 1 aromatic carbocycles. The first-order valence-electron chi connectivity index (χ1n) is 9.27. The Morgan fingerprint density at radius 1 is 1.07 bits per heavy atom. The number of carbonyl (C=O) groups is 2. The summed E-state index contributed by atoms with van der Waals surface area (Å²) >= 11 is 0. The summed E-state index contributed by atoms with van der Waals surface area (Å²) in [6, 6.07) is 4.96. The minimum atomic E-state index is -1.05. The van der Waals surface area contributed by atoms with Gasteiger partial charge in [0.1, 0.15) is 5.76 Å². The van der Waals surface area contributed by atoms with Crippen molar-refractivity contribution in [1.29, 1.82) is 0 Å². The molecule has 2 N–H and O–H groups in total. The van der Waals surface area contributed by atoms with E-state index in [-0.39, 0.29) is 24.7 Å². The molecule has 0 bridgehead atoms. The van der Waals surface area contributed by atoms with Gasteiger partial charge >= 0.3 is 0 Å². The van der Waals surface area contributed by atoms with Gasteiger partial charge in [0.05, 0.1) is 18.8 Å². The maximum Gasteiger partial charge on any atom is 0.243 e. The van der Waals surface area contributed by atoms with Crippen molar-refractivity contribution in [2.45, 2.75) is 13.5 Å². The van der Waals surface area contributed by atoms with Crippen molar-refractivity contribution < 1.29 is 22.9 Å². The van der Waals surface area contributed by atoms with Gasteiger partial charge in [-0.3, -0.25) is 19.4 Å². The standard InChI is InChI=1S/C19H23F2N5O3/c1-13-8-15(24-29-13)11-25-4-6-26(7-5-25)12-19(28)22-10-18(27)23-14-2-3-16(20)17(21)9-14/h2-3,8-9H,4-7,10-12H2,1H3,(H,22,28)(H,23,27). The van der Waals surface area contributed by atoms with Crippen LogP contribution < -0.4 is 10.6 Å². The summed E-state index contributed by atoms with van der Waals surface area (Å²) in [4.78, 5) is 28.2. The van der Waals surface area contributed by atoms with Gasteiger partial charge < -0.3 is 15.2 Å². The van der Waals surface area contributed by atoms with Crippen LogP contribution in [0.1, 0.15) is 11.5 Å². The molecule has 0 saturated carbocycles. The van der Waals surface area contributed by atoms with E-state index in [9.17, 15) is 18.4 Å². The smallest absolute Gasteiger partial charge is 0.243 e. The van der Waals surface area contributed by atoms with Crippen LogP contribution in [-0.4, -0.2) is 66.0 Å². The molecule has 0 radical (unpaired) electrons. The number of benzene rings is 1. The number of halogens is 2. The van der Waals surface area contributed by atoms with E-state index in [2.05, 4.69) is 20.7 Å². The first-order valence-corrected chi connectivity index (χ1v) is 9.27. The second-order valence-electron chi connectivity index (χ2n) is 6.93. The topological polar surface area (TPSA) is 90.7 Å². The molecule has 1 aliphatic rings. The molecule has 3 rings (SSSR count). The Morgan fingerprint density at radius 3 is 2.45 bits per heavy atom. The number of rotatable bonds is 7. The summed E-state index contributed by atoms with van der Waals surface area (Å²) < 4.78 is 31.1. The molecule has 0 unspecified atom stereocenters. The van der Waals surface area contributed by atoms with Crippen LogP contribution in [0.15, 0.2) is 28.8 Å². The van der Waals surface area contributed by atoms with Crippen molar-refractivity contribution in [3.8, 4) is 0 Å². The Balaban J connectivity index is 1.34. The summed E-state index contributed by atoms with van der Waals surface area (Å²) in [7, 11) is 0. The van der Waals surface area contributed by atoms with Crippen LogP contribution in [0.3, 0.4) is 0 Å². The van der Waals surface area contributed by atoms with Crippen molar-refractivity contribution in [2.75, 3.05) is 44.6 Å². The molecule has 29 heavy (non-hydrogen) atoms. The summed E-state index contributed by atoms with van der Waals surface area (Å²) in [5, 5.41) is 8.92. The molecule has 0 spiro atoms. The number of nitrogens with one attached hydrogen (secondary N) is 2. The van der Waals surface area contributed by atoms with Gasteiger partial charge in [0.2, 0.25) is 11.8 Å². The number of aryl methyl sites for hydroxylation is 1. The maximum absolute atomic E-state index is 13.1. The zero-order chi connectivity index (χ0) is 20.8. The number of carbonyl (C=O) groups excluding carboxylic acids is 2. The van der Waals surface area contributed by atoms with Crippen LogP contribution in [0.5, 0.6) is 0 Å². The number of hydrogen-bond acceptors (Lipinski definition) is 6. The van der Waals surface area contributed by atoms with Crippen LogP contribution in [0.4, 0.5) is 14.5 Å². The fourth-order valence-corrected chi connectivity index (χ4v) is 3.04. The summed E-state index contributed by atoms with van der Waals surface area (Å²) in [5.41, 5.74) is 1.02. The Kier molecular flexibility index (Phi) is 6.89. The van der Waals surface area contributed by atoms with Gasteiger partial charge in [-0.15, -0.1) is 0 Å². The van der Waals surface area contributed by atoms with E-state index >= 15 is 0 Å². The lowest BCUT2D eigenvalue weighted by atomic mass is 10.2. The van der Waals surface area contributed by atoms with Gasteiger partial charge in [0.25, 0.3) is 0 Å². The van der Waals surface area contributed by atoms with Gasteiger partial charge in [-0.05, 0) is 19.1 Å². The molecule has 2 amide bonds. The van der Waals surface area contributed by atoms with E-state index in [4.69, 9.17) is 4.52 Å². The molecular formula is C19H23F2N5O3. The van der Waals surface area contributed by atoms with Crippen molar-refractivity contribution in [1.82, 2.24) is 20.3 Å². The number of hydrogen-bond donors (Lipinski definition) is 2. The molecule has 8 nitrogen and oxygen atoms in total.